The second kappa shape index (κ2) is 8.96. The molecular weight excluding hydrogens is 442 g/mol. The number of nitrogens with zero attached hydrogens (tertiary/aromatic N) is 5. The summed E-state index contributed by atoms with van der Waals surface area (Å²) in [5, 5.41) is 0. The second-order valence-electron chi connectivity index (χ2n) is 9.29. The largest absolute Gasteiger partial charge is 0.355 e. The molecule has 4 aliphatic rings. The topological polar surface area (TPSA) is 93.6 Å². The molecule has 0 N–H and O–H groups in total. The molecular formula is C23H31N5O4S. The van der Waals surface area contributed by atoms with Gasteiger partial charge in [-0.15, -0.1) is 4.40 Å². The molecule has 1 aromatic carbocycles. The van der Waals surface area contributed by atoms with Gasteiger partial charge in [-0.3, -0.25) is 4.79 Å². The Morgan fingerprint density at radius 1 is 0.788 bits per heavy atom. The van der Waals surface area contributed by atoms with Crippen LogP contribution in [0.2, 0.25) is 0 Å². The summed E-state index contributed by atoms with van der Waals surface area (Å²) in [5.74, 6) is 0.585. The first-order chi connectivity index (χ1) is 15.9. The van der Waals surface area contributed by atoms with Crippen LogP contribution in [0.25, 0.3) is 0 Å². The van der Waals surface area contributed by atoms with Crippen molar-refractivity contribution in [2.45, 2.75) is 37.0 Å². The summed E-state index contributed by atoms with van der Waals surface area (Å²) in [6.07, 6.45) is 4.69. The quantitative estimate of drug-likeness (QED) is 0.618. The first kappa shape index (κ1) is 22.2. The number of benzene rings is 1. The van der Waals surface area contributed by atoms with E-state index in [0.29, 0.717) is 63.5 Å². The highest BCUT2D eigenvalue weighted by molar-refractivity contribution is 7.90. The number of amidine groups is 1. The van der Waals surface area contributed by atoms with Gasteiger partial charge in [-0.2, -0.15) is 8.42 Å². The van der Waals surface area contributed by atoms with Crippen molar-refractivity contribution in [2.24, 2.45) is 10.3 Å². The molecule has 5 rings (SSSR count). The van der Waals surface area contributed by atoms with Gasteiger partial charge in [0.2, 0.25) is 5.91 Å². The van der Waals surface area contributed by atoms with Crippen LogP contribution >= 0.6 is 0 Å². The average Bonchev–Trinajstić information content (AvgIpc) is 3.15. The van der Waals surface area contributed by atoms with E-state index in [0.717, 1.165) is 25.9 Å². The highest BCUT2D eigenvalue weighted by Crippen LogP contribution is 2.30. The van der Waals surface area contributed by atoms with Crippen LogP contribution in [0.4, 0.5) is 4.79 Å². The van der Waals surface area contributed by atoms with Crippen molar-refractivity contribution in [3.63, 3.8) is 0 Å². The van der Waals surface area contributed by atoms with E-state index in [2.05, 4.69) is 4.40 Å². The molecule has 0 aliphatic carbocycles. The van der Waals surface area contributed by atoms with Crippen LogP contribution in [0.5, 0.6) is 0 Å². The van der Waals surface area contributed by atoms with Crippen molar-refractivity contribution in [3.8, 4) is 0 Å². The van der Waals surface area contributed by atoms with Crippen LogP contribution < -0.4 is 0 Å². The van der Waals surface area contributed by atoms with Crippen LogP contribution in [-0.4, -0.2) is 98.1 Å². The Morgan fingerprint density at radius 2 is 1.39 bits per heavy atom. The van der Waals surface area contributed by atoms with Gasteiger partial charge in [0.05, 0.1) is 0 Å². The third-order valence-corrected chi connectivity index (χ3v) is 8.57. The number of likely N-dealkylation sites (tertiary alicyclic amines) is 2. The van der Waals surface area contributed by atoms with Crippen molar-refractivity contribution in [1.82, 2.24) is 19.6 Å². The number of carbonyl (C=O) groups excluding carboxylic acids is 2. The molecule has 178 valence electrons. The predicted molar refractivity (Wildman–Crippen MR) is 123 cm³/mol. The number of rotatable bonds is 1. The summed E-state index contributed by atoms with van der Waals surface area (Å²) in [4.78, 5) is 33.8. The van der Waals surface area contributed by atoms with Crippen molar-refractivity contribution in [2.75, 3.05) is 52.4 Å². The fourth-order valence-corrected chi connectivity index (χ4v) is 6.54. The standard InChI is InChI=1S/C23H31N5O4S/c29-22(26-14-16-28(17-15-26)23(30)27-10-4-1-5-11-27)18-8-12-25(13-9-18)21-19-6-2-3-7-20(19)33(31,32)24-21/h2-3,6-7,18H,1,4-5,8-17H2. The Hall–Kier alpha value is -2.62. The SMILES string of the molecule is O=C(C1CCN(C2=NS(=O)(=O)c3ccccc32)CC1)N1CCN(C(=O)N2CCCCC2)CC1. The van der Waals surface area contributed by atoms with E-state index in [1.807, 2.05) is 25.7 Å². The van der Waals surface area contributed by atoms with Crippen molar-refractivity contribution in [1.29, 1.82) is 0 Å². The molecule has 0 spiro atoms. The first-order valence-corrected chi connectivity index (χ1v) is 13.4. The molecule has 4 aliphatic heterocycles. The Bertz CT molecular complexity index is 1050. The summed E-state index contributed by atoms with van der Waals surface area (Å²) in [7, 11) is -3.64. The van der Waals surface area contributed by atoms with Gasteiger partial charge < -0.3 is 19.6 Å². The van der Waals surface area contributed by atoms with E-state index in [4.69, 9.17) is 0 Å². The molecule has 1 aromatic rings. The molecule has 0 atom stereocenters. The van der Waals surface area contributed by atoms with Crippen LogP contribution in [0.15, 0.2) is 33.6 Å². The van der Waals surface area contributed by atoms with E-state index in [1.54, 1.807) is 18.2 Å². The Kier molecular flexibility index (Phi) is 6.03. The number of hydrogen-bond acceptors (Lipinski definition) is 5. The van der Waals surface area contributed by atoms with Crippen LogP contribution in [0, 0.1) is 5.92 Å². The number of carbonyl (C=O) groups is 2. The van der Waals surface area contributed by atoms with Gasteiger partial charge in [0, 0.05) is 63.8 Å². The highest BCUT2D eigenvalue weighted by atomic mass is 32.2. The number of piperidine rings is 2. The number of urea groups is 1. The average molecular weight is 474 g/mol. The maximum atomic E-state index is 13.1. The summed E-state index contributed by atoms with van der Waals surface area (Å²) in [5.41, 5.74) is 0.650. The molecule has 0 radical (unpaired) electrons. The summed E-state index contributed by atoms with van der Waals surface area (Å²) in [6, 6.07) is 7.02. The Balaban J connectivity index is 1.14. The summed E-state index contributed by atoms with van der Waals surface area (Å²) in [6.45, 7) is 5.23. The minimum absolute atomic E-state index is 0.0700. The van der Waals surface area contributed by atoms with Gasteiger partial charge in [-0.1, -0.05) is 12.1 Å². The monoisotopic (exact) mass is 473 g/mol. The van der Waals surface area contributed by atoms with E-state index >= 15 is 0 Å². The molecule has 33 heavy (non-hydrogen) atoms. The fourth-order valence-electron chi connectivity index (χ4n) is 5.32. The van der Waals surface area contributed by atoms with Crippen LogP contribution in [0.3, 0.4) is 0 Å². The fraction of sp³-hybridized carbons (Fsp3) is 0.609. The molecule has 3 fully saturated rings. The summed E-state index contributed by atoms with van der Waals surface area (Å²) >= 11 is 0. The normalized spacial score (nSPS) is 23.3. The molecule has 0 aromatic heterocycles. The van der Waals surface area contributed by atoms with Gasteiger partial charge >= 0.3 is 6.03 Å². The first-order valence-electron chi connectivity index (χ1n) is 12.0. The number of hydrogen-bond donors (Lipinski definition) is 0. The Labute approximate surface area is 195 Å². The lowest BCUT2D eigenvalue weighted by atomic mass is 9.94. The minimum atomic E-state index is -3.64. The van der Waals surface area contributed by atoms with Gasteiger partial charge in [-0.25, -0.2) is 4.79 Å². The molecule has 3 amide bonds. The maximum absolute atomic E-state index is 13.1. The molecule has 0 unspecified atom stereocenters. The zero-order chi connectivity index (χ0) is 23.0. The van der Waals surface area contributed by atoms with Gasteiger partial charge in [0.1, 0.15) is 4.90 Å². The second-order valence-corrected chi connectivity index (χ2v) is 10.9. The zero-order valence-corrected chi connectivity index (χ0v) is 19.7. The highest BCUT2D eigenvalue weighted by Gasteiger charge is 2.36. The van der Waals surface area contributed by atoms with E-state index < -0.39 is 10.0 Å². The lowest BCUT2D eigenvalue weighted by molar-refractivity contribution is -0.138. The van der Waals surface area contributed by atoms with E-state index in [1.165, 1.54) is 6.42 Å². The number of sulfonamides is 1. The number of amides is 3. The lowest BCUT2D eigenvalue weighted by Crippen LogP contribution is -2.56. The van der Waals surface area contributed by atoms with E-state index in [-0.39, 0.29) is 22.8 Å². The third-order valence-electron chi connectivity index (χ3n) is 7.24. The maximum Gasteiger partial charge on any atom is 0.320 e. The summed E-state index contributed by atoms with van der Waals surface area (Å²) < 4.78 is 28.7. The van der Waals surface area contributed by atoms with Crippen molar-refractivity contribution in [3.05, 3.63) is 29.8 Å². The molecule has 0 saturated carbocycles. The third kappa shape index (κ3) is 4.32. The zero-order valence-electron chi connectivity index (χ0n) is 18.9. The van der Waals surface area contributed by atoms with Gasteiger partial charge in [-0.05, 0) is 44.2 Å². The van der Waals surface area contributed by atoms with Crippen LogP contribution in [0.1, 0.15) is 37.7 Å². The molecule has 3 saturated heterocycles. The molecule has 4 heterocycles. The predicted octanol–water partition coefficient (Wildman–Crippen LogP) is 1.60. The minimum Gasteiger partial charge on any atom is -0.355 e. The lowest BCUT2D eigenvalue weighted by Gasteiger charge is -2.40. The van der Waals surface area contributed by atoms with Gasteiger partial charge in [0.15, 0.2) is 5.84 Å². The van der Waals surface area contributed by atoms with Gasteiger partial charge in [0.25, 0.3) is 10.0 Å². The number of piperazine rings is 1. The molecule has 9 nitrogen and oxygen atoms in total. The van der Waals surface area contributed by atoms with Crippen LogP contribution in [-0.2, 0) is 14.8 Å². The number of fused-ring (bicyclic) bond motifs is 1. The smallest absolute Gasteiger partial charge is 0.320 e. The van der Waals surface area contributed by atoms with Crippen molar-refractivity contribution >= 4 is 27.8 Å². The molecule has 10 heteroatoms. The Morgan fingerprint density at radius 3 is 2.09 bits per heavy atom. The molecule has 0 bridgehead atoms. The van der Waals surface area contributed by atoms with E-state index in [9.17, 15) is 18.0 Å². The van der Waals surface area contributed by atoms with Crippen molar-refractivity contribution < 1.29 is 18.0 Å².